The molecule has 1 N–H and O–H groups in total. The molecule has 1 unspecified atom stereocenters. The predicted molar refractivity (Wildman–Crippen MR) is 71.0 cm³/mol. The van der Waals surface area contributed by atoms with Crippen LogP contribution in [0.2, 0.25) is 0 Å². The summed E-state index contributed by atoms with van der Waals surface area (Å²) in [6.07, 6.45) is 4.18. The molecule has 17 heavy (non-hydrogen) atoms. The molecule has 1 aromatic rings. The molecule has 92 valence electrons. The van der Waals surface area contributed by atoms with Crippen LogP contribution in [0.5, 0.6) is 0 Å². The lowest BCUT2D eigenvalue weighted by molar-refractivity contribution is 0.220. The van der Waals surface area contributed by atoms with Gasteiger partial charge in [0.05, 0.1) is 18.9 Å². The molecule has 1 aliphatic heterocycles. The first-order valence-electron chi connectivity index (χ1n) is 6.26. The first-order valence-corrected chi connectivity index (χ1v) is 6.26. The maximum Gasteiger partial charge on any atom is 0.0876 e. The van der Waals surface area contributed by atoms with E-state index in [1.165, 1.54) is 22.3 Å². The molecule has 2 heteroatoms. The standard InChI is InChI=1S/C15H21NO/c1-11-7-12(2)9-14(8-11)15(16-3)13-5-4-6-17-10-13/h7-10,15-16H,4-6H2,1-3H3. The number of ether oxygens (including phenoxy) is 1. The second-order valence-electron chi connectivity index (χ2n) is 4.81. The number of hydrogen-bond acceptors (Lipinski definition) is 2. The third-order valence-electron chi connectivity index (χ3n) is 3.20. The highest BCUT2D eigenvalue weighted by atomic mass is 16.5. The van der Waals surface area contributed by atoms with E-state index in [0.717, 1.165) is 19.4 Å². The highest BCUT2D eigenvalue weighted by Gasteiger charge is 2.17. The molecule has 0 saturated heterocycles. The second-order valence-corrected chi connectivity index (χ2v) is 4.81. The van der Waals surface area contributed by atoms with Gasteiger partial charge >= 0.3 is 0 Å². The maximum atomic E-state index is 5.44. The molecule has 0 aliphatic carbocycles. The molecule has 0 bridgehead atoms. The molecular weight excluding hydrogens is 210 g/mol. The molecule has 1 aromatic carbocycles. The van der Waals surface area contributed by atoms with Crippen molar-refractivity contribution < 1.29 is 4.74 Å². The van der Waals surface area contributed by atoms with Gasteiger partial charge in [0.15, 0.2) is 0 Å². The molecule has 1 aliphatic rings. The first kappa shape index (κ1) is 12.2. The lowest BCUT2D eigenvalue weighted by atomic mass is 9.93. The fourth-order valence-corrected chi connectivity index (χ4v) is 2.54. The minimum Gasteiger partial charge on any atom is -0.501 e. The van der Waals surface area contributed by atoms with Crippen molar-refractivity contribution in [3.05, 3.63) is 46.7 Å². The van der Waals surface area contributed by atoms with Crippen LogP contribution in [0.3, 0.4) is 0 Å². The lowest BCUT2D eigenvalue weighted by Gasteiger charge is -2.24. The van der Waals surface area contributed by atoms with Crippen LogP contribution in [0, 0.1) is 13.8 Å². The first-order chi connectivity index (χ1) is 8.20. The Balaban J connectivity index is 2.31. The monoisotopic (exact) mass is 231 g/mol. The minimum absolute atomic E-state index is 0.286. The molecule has 0 saturated carbocycles. The highest BCUT2D eigenvalue weighted by molar-refractivity contribution is 5.35. The molecule has 1 atom stereocenters. The van der Waals surface area contributed by atoms with Crippen molar-refractivity contribution in [3.63, 3.8) is 0 Å². The summed E-state index contributed by atoms with van der Waals surface area (Å²) in [5.74, 6) is 0. The van der Waals surface area contributed by atoms with Gasteiger partial charge in [-0.2, -0.15) is 0 Å². The van der Waals surface area contributed by atoms with Crippen LogP contribution >= 0.6 is 0 Å². The molecular formula is C15H21NO. The van der Waals surface area contributed by atoms with Crippen molar-refractivity contribution in [2.24, 2.45) is 0 Å². The molecule has 0 spiro atoms. The Kier molecular flexibility index (Phi) is 3.85. The SMILES string of the molecule is CNC(C1=COCCC1)c1cc(C)cc(C)c1. The van der Waals surface area contributed by atoms with Gasteiger partial charge in [0.25, 0.3) is 0 Å². The number of rotatable bonds is 3. The summed E-state index contributed by atoms with van der Waals surface area (Å²) >= 11 is 0. The van der Waals surface area contributed by atoms with Crippen LogP contribution in [-0.2, 0) is 4.74 Å². The minimum atomic E-state index is 0.286. The van der Waals surface area contributed by atoms with Crippen LogP contribution in [0.15, 0.2) is 30.0 Å². The van der Waals surface area contributed by atoms with Gasteiger partial charge in [-0.3, -0.25) is 0 Å². The molecule has 0 radical (unpaired) electrons. The third-order valence-corrected chi connectivity index (χ3v) is 3.20. The maximum absolute atomic E-state index is 5.44. The fourth-order valence-electron chi connectivity index (χ4n) is 2.54. The number of nitrogens with one attached hydrogen (secondary N) is 1. The van der Waals surface area contributed by atoms with E-state index in [2.05, 4.69) is 37.4 Å². The summed E-state index contributed by atoms with van der Waals surface area (Å²) in [7, 11) is 2.01. The average Bonchev–Trinajstić information content (AvgIpc) is 2.30. The summed E-state index contributed by atoms with van der Waals surface area (Å²) in [5, 5.41) is 3.39. The van der Waals surface area contributed by atoms with Crippen LogP contribution in [0.1, 0.15) is 35.6 Å². The van der Waals surface area contributed by atoms with Crippen LogP contribution in [0.4, 0.5) is 0 Å². The Morgan fingerprint density at radius 2 is 1.88 bits per heavy atom. The summed E-state index contributed by atoms with van der Waals surface area (Å²) in [6.45, 7) is 5.15. The van der Waals surface area contributed by atoms with Crippen molar-refractivity contribution in [1.82, 2.24) is 5.32 Å². The third kappa shape index (κ3) is 2.89. The summed E-state index contributed by atoms with van der Waals surface area (Å²) < 4.78 is 5.44. The van der Waals surface area contributed by atoms with Crippen molar-refractivity contribution in [3.8, 4) is 0 Å². The topological polar surface area (TPSA) is 21.3 Å². The summed E-state index contributed by atoms with van der Waals surface area (Å²) in [4.78, 5) is 0. The van der Waals surface area contributed by atoms with Gasteiger partial charge in [-0.15, -0.1) is 0 Å². The molecule has 1 heterocycles. The van der Waals surface area contributed by atoms with E-state index in [1.54, 1.807) is 0 Å². The lowest BCUT2D eigenvalue weighted by Crippen LogP contribution is -2.21. The van der Waals surface area contributed by atoms with Crippen molar-refractivity contribution in [1.29, 1.82) is 0 Å². The predicted octanol–water partition coefficient (Wildman–Crippen LogP) is 3.26. The van der Waals surface area contributed by atoms with Crippen molar-refractivity contribution in [2.45, 2.75) is 32.7 Å². The van der Waals surface area contributed by atoms with Crippen molar-refractivity contribution >= 4 is 0 Å². The largest absolute Gasteiger partial charge is 0.501 e. The quantitative estimate of drug-likeness (QED) is 0.862. The van der Waals surface area contributed by atoms with Gasteiger partial charge in [-0.25, -0.2) is 0 Å². The molecule has 2 nitrogen and oxygen atoms in total. The smallest absolute Gasteiger partial charge is 0.0876 e. The van der Waals surface area contributed by atoms with Gasteiger partial charge < -0.3 is 10.1 Å². The van der Waals surface area contributed by atoms with Gasteiger partial charge in [0.1, 0.15) is 0 Å². The summed E-state index contributed by atoms with van der Waals surface area (Å²) in [6, 6.07) is 7.00. The van der Waals surface area contributed by atoms with E-state index in [4.69, 9.17) is 4.74 Å². The molecule has 0 aromatic heterocycles. The Bertz CT molecular complexity index is 403. The van der Waals surface area contributed by atoms with E-state index in [0.29, 0.717) is 0 Å². The zero-order valence-electron chi connectivity index (χ0n) is 10.9. The Labute approximate surface area is 104 Å². The molecule has 2 rings (SSSR count). The Morgan fingerprint density at radius 1 is 1.18 bits per heavy atom. The number of likely N-dealkylation sites (N-methyl/N-ethyl adjacent to an activating group) is 1. The second kappa shape index (κ2) is 5.37. The van der Waals surface area contributed by atoms with E-state index >= 15 is 0 Å². The summed E-state index contributed by atoms with van der Waals surface area (Å²) in [5.41, 5.74) is 5.32. The van der Waals surface area contributed by atoms with Gasteiger partial charge in [-0.05, 0) is 44.9 Å². The average molecular weight is 231 g/mol. The number of hydrogen-bond donors (Lipinski definition) is 1. The molecule has 0 fully saturated rings. The van der Waals surface area contributed by atoms with Gasteiger partial charge in [0, 0.05) is 0 Å². The zero-order valence-corrected chi connectivity index (χ0v) is 10.9. The van der Waals surface area contributed by atoms with Crippen LogP contribution < -0.4 is 5.32 Å². The number of aryl methyl sites for hydroxylation is 2. The van der Waals surface area contributed by atoms with Crippen LogP contribution in [-0.4, -0.2) is 13.7 Å². The van der Waals surface area contributed by atoms with Gasteiger partial charge in [-0.1, -0.05) is 29.3 Å². The van der Waals surface area contributed by atoms with E-state index in [-0.39, 0.29) is 6.04 Å². The molecule has 0 amide bonds. The normalized spacial score (nSPS) is 17.2. The van der Waals surface area contributed by atoms with E-state index in [1.807, 2.05) is 13.3 Å². The highest BCUT2D eigenvalue weighted by Crippen LogP contribution is 2.28. The van der Waals surface area contributed by atoms with E-state index < -0.39 is 0 Å². The number of benzene rings is 1. The van der Waals surface area contributed by atoms with Crippen molar-refractivity contribution in [2.75, 3.05) is 13.7 Å². The zero-order chi connectivity index (χ0) is 12.3. The van der Waals surface area contributed by atoms with Gasteiger partial charge in [0.2, 0.25) is 0 Å². The Hall–Kier alpha value is -1.28. The fraction of sp³-hybridized carbons (Fsp3) is 0.467. The van der Waals surface area contributed by atoms with E-state index in [9.17, 15) is 0 Å². The Morgan fingerprint density at radius 3 is 2.41 bits per heavy atom. The van der Waals surface area contributed by atoms with Crippen LogP contribution in [0.25, 0.3) is 0 Å².